The highest BCUT2D eigenvalue weighted by Gasteiger charge is 2.28. The molecule has 6 nitrogen and oxygen atoms in total. The molecule has 0 aliphatic carbocycles. The van der Waals surface area contributed by atoms with E-state index in [9.17, 15) is 19.8 Å². The number of hydrogen-bond acceptors (Lipinski definition) is 5. The summed E-state index contributed by atoms with van der Waals surface area (Å²) in [5.74, 6) is -0.524. The van der Waals surface area contributed by atoms with Gasteiger partial charge in [0.25, 0.3) is 0 Å². The van der Waals surface area contributed by atoms with Crippen molar-refractivity contribution in [3.8, 4) is 11.6 Å². The first kappa shape index (κ1) is 17.4. The van der Waals surface area contributed by atoms with Crippen molar-refractivity contribution in [1.82, 2.24) is 4.98 Å². The smallest absolute Gasteiger partial charge is 0.307 e. The molecule has 4 rings (SSSR count). The number of aromatic amines is 1. The Morgan fingerprint density at radius 1 is 1.04 bits per heavy atom. The van der Waals surface area contributed by atoms with Crippen molar-refractivity contribution in [2.45, 2.75) is 25.2 Å². The van der Waals surface area contributed by atoms with Crippen LogP contribution in [0.3, 0.4) is 0 Å². The fourth-order valence-electron chi connectivity index (χ4n) is 3.59. The van der Waals surface area contributed by atoms with Gasteiger partial charge >= 0.3 is 4.87 Å². The van der Waals surface area contributed by atoms with Crippen LogP contribution in [0.2, 0.25) is 0 Å². The Hall–Kier alpha value is -3.06. The normalized spacial score (nSPS) is 14.4. The fourth-order valence-corrected chi connectivity index (χ4v) is 4.44. The van der Waals surface area contributed by atoms with Crippen LogP contribution in [0, 0.1) is 0 Å². The van der Waals surface area contributed by atoms with Crippen LogP contribution in [0.25, 0.3) is 0 Å². The Bertz CT molecular complexity index is 1060. The molecule has 1 amide bonds. The summed E-state index contributed by atoms with van der Waals surface area (Å²) in [5.41, 5.74) is 3.21. The van der Waals surface area contributed by atoms with Crippen molar-refractivity contribution >= 4 is 22.9 Å². The number of aromatic nitrogens is 1. The summed E-state index contributed by atoms with van der Waals surface area (Å²) in [6, 6.07) is 13.2. The lowest BCUT2D eigenvalue weighted by Crippen LogP contribution is -2.21. The topological polar surface area (TPSA) is 102 Å². The summed E-state index contributed by atoms with van der Waals surface area (Å²) >= 11 is 0.981. The van der Waals surface area contributed by atoms with E-state index in [1.165, 1.54) is 0 Å². The molecule has 27 heavy (non-hydrogen) atoms. The summed E-state index contributed by atoms with van der Waals surface area (Å²) < 4.78 is 0. The number of carbonyl (C=O) groups is 1. The lowest BCUT2D eigenvalue weighted by Gasteiger charge is -2.25. The quantitative estimate of drug-likeness (QED) is 0.521. The Labute approximate surface area is 159 Å². The van der Waals surface area contributed by atoms with Crippen LogP contribution in [0.15, 0.2) is 47.3 Å². The van der Waals surface area contributed by atoms with E-state index in [2.05, 4.69) is 10.3 Å². The molecule has 1 aliphatic rings. The van der Waals surface area contributed by atoms with E-state index in [-0.39, 0.29) is 28.3 Å². The third-order valence-corrected chi connectivity index (χ3v) is 5.81. The minimum absolute atomic E-state index is 0.0201. The van der Waals surface area contributed by atoms with Gasteiger partial charge in [0.05, 0.1) is 10.6 Å². The van der Waals surface area contributed by atoms with Crippen LogP contribution >= 0.6 is 11.3 Å². The van der Waals surface area contributed by atoms with Crippen molar-refractivity contribution in [2.24, 2.45) is 0 Å². The lowest BCUT2D eigenvalue weighted by molar-refractivity contribution is -0.116. The molecule has 7 heteroatoms. The number of carbonyl (C=O) groups excluding carboxylic acids is 1. The average Bonchev–Trinajstić information content (AvgIpc) is 3.00. The van der Waals surface area contributed by atoms with Gasteiger partial charge in [-0.25, -0.2) is 0 Å². The number of aromatic hydroxyl groups is 2. The lowest BCUT2D eigenvalue weighted by atomic mass is 9.84. The zero-order valence-electron chi connectivity index (χ0n) is 14.4. The predicted octanol–water partition coefficient (Wildman–Crippen LogP) is 3.11. The number of rotatable bonds is 4. The number of fused-ring (bicyclic) bond motifs is 1. The maximum atomic E-state index is 11.8. The number of nitrogens with one attached hydrogen (secondary N) is 2. The number of phenols is 1. The second-order valence-corrected chi connectivity index (χ2v) is 7.56. The first-order valence-corrected chi connectivity index (χ1v) is 9.45. The van der Waals surface area contributed by atoms with Gasteiger partial charge in [-0.05, 0) is 35.6 Å². The number of thiazole rings is 1. The molecule has 1 aliphatic heterocycles. The predicted molar refractivity (Wildman–Crippen MR) is 104 cm³/mol. The molecule has 0 spiro atoms. The van der Waals surface area contributed by atoms with E-state index < -0.39 is 0 Å². The maximum absolute atomic E-state index is 11.8. The Balaban J connectivity index is 1.87. The first-order chi connectivity index (χ1) is 13.0. The first-order valence-electron chi connectivity index (χ1n) is 8.63. The van der Waals surface area contributed by atoms with E-state index in [0.29, 0.717) is 29.8 Å². The molecule has 0 saturated heterocycles. The number of amides is 1. The molecule has 0 fully saturated rings. The SMILES string of the molecule is O=C1CCc2c(C(Cc3ccccc3)c3sc(=O)[nH]c3O)ccc(O)c2N1. The zero-order chi connectivity index (χ0) is 19.0. The van der Waals surface area contributed by atoms with Gasteiger partial charge in [0, 0.05) is 12.3 Å². The number of phenolic OH excluding ortho intramolecular Hbond substituents is 1. The number of H-pyrrole nitrogens is 1. The minimum Gasteiger partial charge on any atom is -0.506 e. The highest BCUT2D eigenvalue weighted by Crippen LogP contribution is 2.42. The molecule has 0 radical (unpaired) electrons. The Morgan fingerprint density at radius 2 is 1.81 bits per heavy atom. The van der Waals surface area contributed by atoms with Crippen LogP contribution in [0.5, 0.6) is 11.6 Å². The molecule has 1 atom stereocenters. The maximum Gasteiger partial charge on any atom is 0.307 e. The van der Waals surface area contributed by atoms with Crippen molar-refractivity contribution in [2.75, 3.05) is 5.32 Å². The van der Waals surface area contributed by atoms with Crippen LogP contribution in [-0.2, 0) is 17.6 Å². The largest absolute Gasteiger partial charge is 0.506 e. The second-order valence-electron chi connectivity index (χ2n) is 6.55. The van der Waals surface area contributed by atoms with Crippen LogP contribution < -0.4 is 10.2 Å². The van der Waals surface area contributed by atoms with E-state index >= 15 is 0 Å². The minimum atomic E-state index is -0.318. The summed E-state index contributed by atoms with van der Waals surface area (Å²) in [4.78, 5) is 26.2. The highest BCUT2D eigenvalue weighted by molar-refractivity contribution is 7.09. The van der Waals surface area contributed by atoms with Gasteiger partial charge in [-0.3, -0.25) is 14.6 Å². The number of hydrogen-bond donors (Lipinski definition) is 4. The monoisotopic (exact) mass is 382 g/mol. The zero-order valence-corrected chi connectivity index (χ0v) is 15.2. The van der Waals surface area contributed by atoms with Crippen LogP contribution in [0.4, 0.5) is 5.69 Å². The highest BCUT2D eigenvalue weighted by atomic mass is 32.1. The number of anilines is 1. The third-order valence-electron chi connectivity index (χ3n) is 4.82. The van der Waals surface area contributed by atoms with E-state index in [1.54, 1.807) is 6.07 Å². The van der Waals surface area contributed by atoms with Gasteiger partial charge in [-0.1, -0.05) is 47.7 Å². The second kappa shape index (κ2) is 6.92. The summed E-state index contributed by atoms with van der Waals surface area (Å²) in [6.45, 7) is 0. The summed E-state index contributed by atoms with van der Waals surface area (Å²) in [7, 11) is 0. The van der Waals surface area contributed by atoms with Crippen molar-refractivity contribution in [3.63, 3.8) is 0 Å². The average molecular weight is 382 g/mol. The number of benzene rings is 2. The molecular weight excluding hydrogens is 364 g/mol. The molecule has 2 aromatic carbocycles. The van der Waals surface area contributed by atoms with Crippen molar-refractivity contribution < 1.29 is 15.0 Å². The molecule has 1 aromatic heterocycles. The molecule has 2 heterocycles. The van der Waals surface area contributed by atoms with Gasteiger partial charge in [-0.15, -0.1) is 0 Å². The van der Waals surface area contributed by atoms with Gasteiger partial charge in [0.1, 0.15) is 5.75 Å². The standard InChI is InChI=1S/C20H18N2O4S/c23-15-8-6-12(13-7-9-16(24)21-17(13)15)14(10-11-4-2-1-3-5-11)18-19(25)22-20(26)27-18/h1-6,8,14,23,25H,7,9-10H2,(H,21,24)(H,22,26). The van der Waals surface area contributed by atoms with E-state index in [1.807, 2.05) is 36.4 Å². The van der Waals surface area contributed by atoms with E-state index in [0.717, 1.165) is 28.0 Å². The third kappa shape index (κ3) is 3.33. The molecule has 1 unspecified atom stereocenters. The molecule has 0 saturated carbocycles. The molecule has 0 bridgehead atoms. The van der Waals surface area contributed by atoms with Crippen LogP contribution in [-0.4, -0.2) is 21.1 Å². The van der Waals surface area contributed by atoms with Gasteiger partial charge in [0.15, 0.2) is 0 Å². The van der Waals surface area contributed by atoms with E-state index in [4.69, 9.17) is 0 Å². The van der Waals surface area contributed by atoms with Gasteiger partial charge in [-0.2, -0.15) is 0 Å². The van der Waals surface area contributed by atoms with Crippen LogP contribution in [0.1, 0.15) is 33.9 Å². The molecule has 3 aromatic rings. The Morgan fingerprint density at radius 3 is 2.52 bits per heavy atom. The van der Waals surface area contributed by atoms with Crippen molar-refractivity contribution in [1.29, 1.82) is 0 Å². The van der Waals surface area contributed by atoms with Gasteiger partial charge in [0.2, 0.25) is 11.8 Å². The fraction of sp³-hybridized carbons (Fsp3) is 0.200. The molecule has 138 valence electrons. The molecule has 4 N–H and O–H groups in total. The van der Waals surface area contributed by atoms with Crippen molar-refractivity contribution in [3.05, 3.63) is 73.7 Å². The Kier molecular flexibility index (Phi) is 4.45. The summed E-state index contributed by atoms with van der Waals surface area (Å²) in [5, 5.41) is 23.2. The summed E-state index contributed by atoms with van der Waals surface area (Å²) in [6.07, 6.45) is 1.40. The molecular formula is C20H18N2O4S. The van der Waals surface area contributed by atoms with Gasteiger partial charge < -0.3 is 15.5 Å².